The van der Waals surface area contributed by atoms with Crippen LogP contribution < -0.4 is 15.1 Å². The van der Waals surface area contributed by atoms with Crippen molar-refractivity contribution in [3.8, 4) is 0 Å². The Morgan fingerprint density at radius 2 is 2.03 bits per heavy atom. The third-order valence-electron chi connectivity index (χ3n) is 5.38. The number of hydrogen-bond donors (Lipinski definition) is 1. The Balaban J connectivity index is 1.56. The Kier molecular flexibility index (Phi) is 8.11. The van der Waals surface area contributed by atoms with Crippen molar-refractivity contribution >= 4 is 40.8 Å². The Hall–Kier alpha value is -2.62. The van der Waals surface area contributed by atoms with Gasteiger partial charge in [0.05, 0.1) is 36.1 Å². The van der Waals surface area contributed by atoms with E-state index in [0.717, 1.165) is 11.4 Å². The molecule has 8 nitrogen and oxygen atoms in total. The predicted octanol–water partition coefficient (Wildman–Crippen LogP) is 3.39. The second kappa shape index (κ2) is 10.8. The maximum atomic E-state index is 14.9. The van der Waals surface area contributed by atoms with E-state index in [1.807, 2.05) is 4.90 Å². The van der Waals surface area contributed by atoms with Crippen molar-refractivity contribution in [2.45, 2.75) is 33.3 Å². The lowest BCUT2D eigenvalue weighted by atomic mass is 10.1. The molecule has 0 unspecified atom stereocenters. The number of hydrogen-bond acceptors (Lipinski definition) is 6. The van der Waals surface area contributed by atoms with Gasteiger partial charge in [-0.25, -0.2) is 14.0 Å². The van der Waals surface area contributed by atoms with Gasteiger partial charge in [-0.2, -0.15) is 0 Å². The average Bonchev–Trinajstić information content (AvgIpc) is 3.12. The quantitative estimate of drug-likeness (QED) is 0.618. The van der Waals surface area contributed by atoms with Gasteiger partial charge in [0.15, 0.2) is 0 Å². The number of thiocarbonyl (C=S) groups is 1. The van der Waals surface area contributed by atoms with Crippen LogP contribution in [-0.4, -0.2) is 74.1 Å². The monoisotopic (exact) mass is 466 g/mol. The predicted molar refractivity (Wildman–Crippen MR) is 125 cm³/mol. The zero-order chi connectivity index (χ0) is 23.3. The highest BCUT2D eigenvalue weighted by atomic mass is 32.1. The van der Waals surface area contributed by atoms with Gasteiger partial charge >= 0.3 is 12.2 Å². The van der Waals surface area contributed by atoms with E-state index >= 15 is 0 Å². The summed E-state index contributed by atoms with van der Waals surface area (Å²) in [5.41, 5.74) is 0.899. The summed E-state index contributed by atoms with van der Waals surface area (Å²) in [6, 6.07) is 4.74. The summed E-state index contributed by atoms with van der Waals surface area (Å²) in [7, 11) is 0. The first-order chi connectivity index (χ1) is 15.3. The number of piperazine rings is 1. The highest BCUT2D eigenvalue weighted by Crippen LogP contribution is 2.28. The van der Waals surface area contributed by atoms with Crippen LogP contribution in [0.15, 0.2) is 18.2 Å². The molecule has 2 aliphatic rings. The first-order valence-corrected chi connectivity index (χ1v) is 11.4. The first-order valence-electron chi connectivity index (χ1n) is 11.0. The van der Waals surface area contributed by atoms with Crippen LogP contribution in [0.3, 0.4) is 0 Å². The van der Waals surface area contributed by atoms with Crippen LogP contribution in [0.1, 0.15) is 27.2 Å². The minimum absolute atomic E-state index is 0.327. The van der Waals surface area contributed by atoms with Crippen molar-refractivity contribution in [3.63, 3.8) is 0 Å². The fourth-order valence-electron chi connectivity index (χ4n) is 3.77. The van der Waals surface area contributed by atoms with Gasteiger partial charge in [-0.15, -0.1) is 0 Å². The number of nitrogens with one attached hydrogen (secondary N) is 1. The summed E-state index contributed by atoms with van der Waals surface area (Å²) in [6.07, 6.45) is -0.418. The molecule has 2 saturated heterocycles. The van der Waals surface area contributed by atoms with Crippen molar-refractivity contribution in [1.29, 1.82) is 0 Å². The highest BCUT2D eigenvalue weighted by Gasteiger charge is 2.33. The van der Waals surface area contributed by atoms with E-state index in [2.05, 4.69) is 19.2 Å². The molecule has 1 aromatic rings. The van der Waals surface area contributed by atoms with E-state index in [1.54, 1.807) is 24.0 Å². The molecular weight excluding hydrogens is 435 g/mol. The Morgan fingerprint density at radius 3 is 2.66 bits per heavy atom. The van der Waals surface area contributed by atoms with Crippen molar-refractivity contribution in [3.05, 3.63) is 24.0 Å². The number of carbonyl (C=O) groups excluding carboxylic acids is 2. The van der Waals surface area contributed by atoms with Crippen molar-refractivity contribution in [2.75, 3.05) is 55.7 Å². The molecule has 2 heterocycles. The fraction of sp³-hybridized carbons (Fsp3) is 0.591. The maximum absolute atomic E-state index is 14.9. The zero-order valence-corrected chi connectivity index (χ0v) is 19.6. The summed E-state index contributed by atoms with van der Waals surface area (Å²) in [4.78, 5) is 29.8. The van der Waals surface area contributed by atoms with E-state index in [-0.39, 0.29) is 12.2 Å². The van der Waals surface area contributed by atoms with Gasteiger partial charge in [0.25, 0.3) is 0 Å². The number of halogens is 1. The number of ether oxygens (including phenoxy) is 2. The van der Waals surface area contributed by atoms with Crippen molar-refractivity contribution in [2.24, 2.45) is 5.92 Å². The minimum Gasteiger partial charge on any atom is -0.450 e. The summed E-state index contributed by atoms with van der Waals surface area (Å²) >= 11 is 5.30. The zero-order valence-electron chi connectivity index (χ0n) is 18.8. The third-order valence-corrected chi connectivity index (χ3v) is 5.69. The lowest BCUT2D eigenvalue weighted by Gasteiger charge is -2.35. The smallest absolute Gasteiger partial charge is 0.414 e. The van der Waals surface area contributed by atoms with Gasteiger partial charge in [0.1, 0.15) is 11.9 Å². The van der Waals surface area contributed by atoms with E-state index < -0.39 is 11.9 Å². The van der Waals surface area contributed by atoms with Crippen LogP contribution in [-0.2, 0) is 9.47 Å². The lowest BCUT2D eigenvalue weighted by Crippen LogP contribution is -2.49. The van der Waals surface area contributed by atoms with Crippen molar-refractivity contribution in [1.82, 2.24) is 10.2 Å². The van der Waals surface area contributed by atoms with Gasteiger partial charge in [0.2, 0.25) is 0 Å². The second-order valence-electron chi connectivity index (χ2n) is 8.33. The highest BCUT2D eigenvalue weighted by molar-refractivity contribution is 7.80. The van der Waals surface area contributed by atoms with Crippen LogP contribution >= 0.6 is 12.2 Å². The first kappa shape index (κ1) is 24.0. The number of carbonyl (C=O) groups is 2. The Labute approximate surface area is 193 Å². The number of benzene rings is 1. The number of cyclic esters (lactones) is 1. The fourth-order valence-corrected chi connectivity index (χ4v) is 4.19. The normalized spacial score (nSPS) is 18.7. The van der Waals surface area contributed by atoms with Crippen LogP contribution in [0.25, 0.3) is 0 Å². The SMILES string of the molecule is CCOC(=O)N1CCN(c2ccc(N3C[C@H](CNC(=S)CC(C)C)OC3=O)cc2F)CC1. The van der Waals surface area contributed by atoms with Crippen LogP contribution in [0, 0.1) is 11.7 Å². The molecule has 2 fully saturated rings. The molecule has 0 radical (unpaired) electrons. The third kappa shape index (κ3) is 5.99. The van der Waals surface area contributed by atoms with Gasteiger partial charge in [0, 0.05) is 32.6 Å². The lowest BCUT2D eigenvalue weighted by molar-refractivity contribution is 0.105. The molecule has 32 heavy (non-hydrogen) atoms. The largest absolute Gasteiger partial charge is 0.450 e. The molecule has 1 atom stereocenters. The van der Waals surface area contributed by atoms with Gasteiger partial charge < -0.3 is 24.6 Å². The average molecular weight is 467 g/mol. The van der Waals surface area contributed by atoms with Crippen LogP contribution in [0.2, 0.25) is 0 Å². The second-order valence-corrected chi connectivity index (χ2v) is 8.82. The van der Waals surface area contributed by atoms with E-state index in [4.69, 9.17) is 21.7 Å². The number of rotatable bonds is 7. The Morgan fingerprint density at radius 1 is 1.31 bits per heavy atom. The summed E-state index contributed by atoms with van der Waals surface area (Å²) in [5.74, 6) is 0.0341. The number of nitrogens with zero attached hydrogens (tertiary/aromatic N) is 3. The molecule has 10 heteroatoms. The molecule has 0 saturated carbocycles. The topological polar surface area (TPSA) is 74.3 Å². The van der Waals surface area contributed by atoms with Gasteiger partial charge in [-0.1, -0.05) is 26.1 Å². The van der Waals surface area contributed by atoms with Crippen molar-refractivity contribution < 1.29 is 23.5 Å². The number of anilines is 2. The number of amides is 2. The summed E-state index contributed by atoms with van der Waals surface area (Å²) in [6.45, 7) is 8.96. The molecule has 0 aromatic heterocycles. The van der Waals surface area contributed by atoms with Crippen LogP contribution in [0.5, 0.6) is 0 Å². The standard InChI is InChI=1S/C22H31FN4O4S/c1-4-30-21(28)26-9-7-25(8-10-26)19-6-5-16(12-18(19)23)27-14-17(31-22(27)29)13-24-20(32)11-15(2)3/h5-6,12,15,17H,4,7-11,13-14H2,1-3H3,(H,24,32)/t17-/m0/s1. The maximum Gasteiger partial charge on any atom is 0.414 e. The van der Waals surface area contributed by atoms with E-state index in [1.165, 1.54) is 11.0 Å². The molecule has 3 rings (SSSR count). The molecule has 0 aliphatic carbocycles. The molecular formula is C22H31FN4O4S. The van der Waals surface area contributed by atoms with Gasteiger partial charge in [-0.05, 0) is 31.0 Å². The molecule has 2 amide bonds. The van der Waals surface area contributed by atoms with Gasteiger partial charge in [-0.3, -0.25) is 4.90 Å². The molecule has 1 aromatic carbocycles. The Bertz CT molecular complexity index is 845. The molecule has 176 valence electrons. The summed E-state index contributed by atoms with van der Waals surface area (Å²) in [5, 5.41) is 3.14. The molecule has 2 aliphatic heterocycles. The van der Waals surface area contributed by atoms with E-state index in [0.29, 0.717) is 63.2 Å². The molecule has 0 bridgehead atoms. The summed E-state index contributed by atoms with van der Waals surface area (Å²) < 4.78 is 25.3. The molecule has 0 spiro atoms. The van der Waals surface area contributed by atoms with Crippen LogP contribution in [0.4, 0.5) is 25.4 Å². The van der Waals surface area contributed by atoms with E-state index in [9.17, 15) is 14.0 Å². The minimum atomic E-state index is -0.498. The molecule has 1 N–H and O–H groups in total.